The Kier molecular flexibility index (Phi) is 7.93. The largest absolute Gasteiger partial charge is 0.492 e. The first-order valence-electron chi connectivity index (χ1n) is 14.7. The van der Waals surface area contributed by atoms with Gasteiger partial charge >= 0.3 is 0 Å². The van der Waals surface area contributed by atoms with Crippen molar-refractivity contribution in [1.29, 1.82) is 0 Å². The summed E-state index contributed by atoms with van der Waals surface area (Å²) in [5.41, 5.74) is 10.1. The number of nitrogens with one attached hydrogen (secondary N) is 1. The summed E-state index contributed by atoms with van der Waals surface area (Å²) in [7, 11) is 1.54. The van der Waals surface area contributed by atoms with Gasteiger partial charge in [0.05, 0.1) is 24.2 Å². The molecule has 1 aliphatic rings. The molecule has 228 valence electrons. The van der Waals surface area contributed by atoms with Crippen LogP contribution in [0, 0.1) is 12.7 Å². The summed E-state index contributed by atoms with van der Waals surface area (Å²) in [6.07, 6.45) is 3.75. The van der Waals surface area contributed by atoms with E-state index in [-0.39, 0.29) is 36.6 Å². The maximum absolute atomic E-state index is 14.0. The third-order valence-corrected chi connectivity index (χ3v) is 8.35. The van der Waals surface area contributed by atoms with E-state index in [0.29, 0.717) is 39.2 Å². The smallest absolute Gasteiger partial charge is 0.255 e. The fourth-order valence-corrected chi connectivity index (χ4v) is 5.76. The number of pyridine rings is 1. The maximum Gasteiger partial charge on any atom is 0.255 e. The van der Waals surface area contributed by atoms with Crippen molar-refractivity contribution < 1.29 is 27.9 Å². The molecule has 0 atom stereocenters. The zero-order valence-electron chi connectivity index (χ0n) is 25.0. The highest BCUT2D eigenvalue weighted by molar-refractivity contribution is 6.12. The number of halogens is 1. The molecule has 1 saturated carbocycles. The van der Waals surface area contributed by atoms with Crippen molar-refractivity contribution >= 4 is 28.6 Å². The molecule has 0 saturated heterocycles. The van der Waals surface area contributed by atoms with Gasteiger partial charge < -0.3 is 20.2 Å². The van der Waals surface area contributed by atoms with Crippen LogP contribution in [-0.2, 0) is 10.2 Å². The molecule has 2 heterocycles. The van der Waals surface area contributed by atoms with Gasteiger partial charge in [-0.2, -0.15) is 0 Å². The fraction of sp³-hybridized carbons (Fsp3) is 0.222. The second-order valence-corrected chi connectivity index (χ2v) is 11.4. The fourth-order valence-electron chi connectivity index (χ4n) is 5.76. The lowest BCUT2D eigenvalue weighted by atomic mass is 9.89. The van der Waals surface area contributed by atoms with Crippen LogP contribution in [0.5, 0.6) is 5.75 Å². The Hall–Kier alpha value is -5.31. The average molecular weight is 606 g/mol. The van der Waals surface area contributed by atoms with Crippen molar-refractivity contribution in [3.8, 4) is 28.2 Å². The molecule has 1 fully saturated rings. The third kappa shape index (κ3) is 5.93. The number of aryl methyl sites for hydroxylation is 1. The van der Waals surface area contributed by atoms with Gasteiger partial charge in [-0.05, 0) is 97.1 Å². The standard InChI is InChI=1S/C36H32FN3O5/c1-21-17-30(44-16-12-32(38)42)26(28(41)20-36(13-14-36)31-5-3-4-15-40-31)19-25(21)23-8-11-29-27(18-23)33(35(43)39-2)34(45-29)22-6-9-24(37)10-7-22/h3-11,15,17-19H,12-14,16,20H2,1-2H3,(H2,38,42)(H,39,43). The number of ketones is 1. The number of furan rings is 1. The number of carbonyl (C=O) groups excluding carboxylic acids is 3. The minimum Gasteiger partial charge on any atom is -0.492 e. The van der Waals surface area contributed by atoms with Crippen LogP contribution >= 0.6 is 0 Å². The zero-order valence-corrected chi connectivity index (χ0v) is 25.0. The molecule has 1 aliphatic carbocycles. The number of amides is 2. The van der Waals surface area contributed by atoms with E-state index in [2.05, 4.69) is 10.3 Å². The van der Waals surface area contributed by atoms with E-state index in [1.54, 1.807) is 30.5 Å². The van der Waals surface area contributed by atoms with Gasteiger partial charge in [-0.1, -0.05) is 12.1 Å². The molecule has 0 spiro atoms. The lowest BCUT2D eigenvalue weighted by Crippen LogP contribution is -2.18. The monoisotopic (exact) mass is 605 g/mol. The highest BCUT2D eigenvalue weighted by atomic mass is 19.1. The van der Waals surface area contributed by atoms with E-state index in [4.69, 9.17) is 14.9 Å². The molecule has 3 aromatic carbocycles. The molecule has 6 rings (SSSR count). The number of rotatable bonds is 11. The molecule has 2 aromatic heterocycles. The van der Waals surface area contributed by atoms with Crippen LogP contribution in [0.25, 0.3) is 33.4 Å². The molecule has 0 bridgehead atoms. The number of ether oxygens (including phenoxy) is 1. The molecule has 2 amide bonds. The molecule has 3 N–H and O–H groups in total. The summed E-state index contributed by atoms with van der Waals surface area (Å²) >= 11 is 0. The van der Waals surface area contributed by atoms with Crippen molar-refractivity contribution in [2.24, 2.45) is 5.73 Å². The lowest BCUT2D eigenvalue weighted by Gasteiger charge is -2.18. The second-order valence-electron chi connectivity index (χ2n) is 11.4. The van der Waals surface area contributed by atoms with Gasteiger partial charge in [-0.3, -0.25) is 19.4 Å². The van der Waals surface area contributed by atoms with Crippen LogP contribution in [0.1, 0.15) is 57.7 Å². The quantitative estimate of drug-likeness (QED) is 0.165. The van der Waals surface area contributed by atoms with Crippen LogP contribution in [0.4, 0.5) is 4.39 Å². The van der Waals surface area contributed by atoms with E-state index >= 15 is 0 Å². The van der Waals surface area contributed by atoms with Gasteiger partial charge in [0, 0.05) is 41.7 Å². The summed E-state index contributed by atoms with van der Waals surface area (Å²) in [4.78, 5) is 43.0. The van der Waals surface area contributed by atoms with Crippen LogP contribution in [0.2, 0.25) is 0 Å². The second kappa shape index (κ2) is 12.0. The molecule has 0 aliphatic heterocycles. The molecule has 5 aromatic rings. The number of primary amides is 1. The van der Waals surface area contributed by atoms with Crippen molar-refractivity contribution in [3.63, 3.8) is 0 Å². The lowest BCUT2D eigenvalue weighted by molar-refractivity contribution is -0.118. The number of aromatic nitrogens is 1. The summed E-state index contributed by atoms with van der Waals surface area (Å²) in [5.74, 6) is -0.620. The van der Waals surface area contributed by atoms with Crippen molar-refractivity contribution in [1.82, 2.24) is 10.3 Å². The number of nitrogens with zero attached hydrogens (tertiary/aromatic N) is 1. The van der Waals surface area contributed by atoms with Gasteiger partial charge in [0.1, 0.15) is 22.9 Å². The summed E-state index contributed by atoms with van der Waals surface area (Å²) in [6, 6.07) is 20.6. The number of hydrogen-bond acceptors (Lipinski definition) is 6. The molecular formula is C36H32FN3O5. The van der Waals surface area contributed by atoms with Crippen LogP contribution in [0.3, 0.4) is 0 Å². The van der Waals surface area contributed by atoms with Crippen LogP contribution < -0.4 is 15.8 Å². The predicted molar refractivity (Wildman–Crippen MR) is 169 cm³/mol. The first-order chi connectivity index (χ1) is 21.7. The Labute approximate surface area is 259 Å². The number of Topliss-reactive ketones (excluding diaryl/α,β-unsaturated/α-hetero) is 1. The minimum atomic E-state index is -0.497. The summed E-state index contributed by atoms with van der Waals surface area (Å²) < 4.78 is 25.7. The molecular weight excluding hydrogens is 573 g/mol. The van der Waals surface area contributed by atoms with Gasteiger partial charge in [0.2, 0.25) is 5.91 Å². The van der Waals surface area contributed by atoms with E-state index < -0.39 is 11.7 Å². The van der Waals surface area contributed by atoms with E-state index in [1.807, 2.05) is 43.3 Å². The van der Waals surface area contributed by atoms with E-state index in [9.17, 15) is 18.8 Å². The highest BCUT2D eigenvalue weighted by Crippen LogP contribution is 2.51. The molecule has 0 unspecified atom stereocenters. The Morgan fingerprint density at radius 1 is 1.02 bits per heavy atom. The van der Waals surface area contributed by atoms with Gasteiger partial charge in [-0.25, -0.2) is 4.39 Å². The molecule has 0 radical (unpaired) electrons. The molecule has 9 heteroatoms. The Bertz CT molecular complexity index is 1930. The number of benzene rings is 3. The zero-order chi connectivity index (χ0) is 31.7. The third-order valence-electron chi connectivity index (χ3n) is 8.35. The van der Waals surface area contributed by atoms with E-state index in [0.717, 1.165) is 35.2 Å². The number of hydrogen-bond donors (Lipinski definition) is 2. The van der Waals surface area contributed by atoms with Crippen molar-refractivity contribution in [2.75, 3.05) is 13.7 Å². The van der Waals surface area contributed by atoms with E-state index in [1.165, 1.54) is 19.2 Å². The van der Waals surface area contributed by atoms with Crippen molar-refractivity contribution in [2.45, 2.75) is 38.0 Å². The minimum absolute atomic E-state index is 0.0160. The summed E-state index contributed by atoms with van der Waals surface area (Å²) in [6.45, 7) is 1.95. The molecule has 45 heavy (non-hydrogen) atoms. The highest BCUT2D eigenvalue weighted by Gasteiger charge is 2.47. The van der Waals surface area contributed by atoms with Gasteiger partial charge in [0.15, 0.2) is 5.78 Å². The number of nitrogens with two attached hydrogens (primary N) is 1. The predicted octanol–water partition coefficient (Wildman–Crippen LogP) is 6.53. The normalized spacial score (nSPS) is 13.4. The Morgan fingerprint density at radius 3 is 2.44 bits per heavy atom. The van der Waals surface area contributed by atoms with Crippen LogP contribution in [-0.4, -0.2) is 36.2 Å². The number of carbonyl (C=O) groups is 3. The first kappa shape index (κ1) is 29.7. The Balaban J connectivity index is 1.43. The van der Waals surface area contributed by atoms with Gasteiger partial charge in [0.25, 0.3) is 5.91 Å². The van der Waals surface area contributed by atoms with Crippen molar-refractivity contribution in [3.05, 3.63) is 107 Å². The SMILES string of the molecule is CNC(=O)c1c(-c2ccc(F)cc2)oc2ccc(-c3cc(C(=O)CC4(c5ccccn5)CC4)c(OCCC(N)=O)cc3C)cc12. The topological polar surface area (TPSA) is 125 Å². The summed E-state index contributed by atoms with van der Waals surface area (Å²) in [5, 5.41) is 3.26. The van der Waals surface area contributed by atoms with Gasteiger partial charge in [-0.15, -0.1) is 0 Å². The Morgan fingerprint density at radius 2 is 1.78 bits per heavy atom. The molecule has 8 nitrogen and oxygen atoms in total. The maximum atomic E-state index is 14.0. The average Bonchev–Trinajstić information content (AvgIpc) is 3.72. The number of fused-ring (bicyclic) bond motifs is 1. The van der Waals surface area contributed by atoms with Crippen LogP contribution in [0.15, 0.2) is 83.4 Å². The first-order valence-corrected chi connectivity index (χ1v) is 14.7.